The molecule has 0 bridgehead atoms. The number of amides is 1. The number of aromatic nitrogens is 3. The summed E-state index contributed by atoms with van der Waals surface area (Å²) in [7, 11) is 0. The first-order chi connectivity index (χ1) is 13.7. The molecule has 6 nitrogen and oxygen atoms in total. The molecule has 1 saturated heterocycles. The molecule has 3 heterocycles. The van der Waals surface area contributed by atoms with Crippen LogP contribution in [-0.4, -0.2) is 45.3 Å². The molecule has 0 unspecified atom stereocenters. The van der Waals surface area contributed by atoms with E-state index in [0.717, 1.165) is 31.6 Å². The Morgan fingerprint density at radius 3 is 2.79 bits per heavy atom. The third-order valence-electron chi connectivity index (χ3n) is 4.97. The van der Waals surface area contributed by atoms with Gasteiger partial charge in [-0.3, -0.25) is 9.78 Å². The summed E-state index contributed by atoms with van der Waals surface area (Å²) in [5, 5.41) is 4.75. The molecule has 0 atom stereocenters. The molecule has 0 aliphatic carbocycles. The molecule has 4 rings (SSSR count). The van der Waals surface area contributed by atoms with E-state index in [0.29, 0.717) is 28.9 Å². The SMILES string of the molecule is O=C(c1cccc(-n2cccn2)c1)N1CCC(COc2ccncc2Cl)CC1. The topological polar surface area (TPSA) is 60.2 Å². The number of rotatable bonds is 5. The normalized spacial score (nSPS) is 14.8. The van der Waals surface area contributed by atoms with E-state index in [4.69, 9.17) is 16.3 Å². The van der Waals surface area contributed by atoms with E-state index < -0.39 is 0 Å². The molecule has 0 N–H and O–H groups in total. The van der Waals surface area contributed by atoms with Crippen molar-refractivity contribution in [2.75, 3.05) is 19.7 Å². The summed E-state index contributed by atoms with van der Waals surface area (Å²) >= 11 is 6.08. The molecule has 1 aliphatic rings. The van der Waals surface area contributed by atoms with Crippen LogP contribution >= 0.6 is 11.6 Å². The Hall–Kier alpha value is -2.86. The molecule has 2 aromatic heterocycles. The van der Waals surface area contributed by atoms with E-state index in [1.54, 1.807) is 29.3 Å². The highest BCUT2D eigenvalue weighted by Crippen LogP contribution is 2.25. The third-order valence-corrected chi connectivity index (χ3v) is 5.26. The number of ether oxygens (including phenoxy) is 1. The Labute approximate surface area is 168 Å². The number of pyridine rings is 1. The van der Waals surface area contributed by atoms with Crippen LogP contribution in [0, 0.1) is 5.92 Å². The van der Waals surface area contributed by atoms with Crippen LogP contribution in [0.25, 0.3) is 5.69 Å². The van der Waals surface area contributed by atoms with Crippen LogP contribution < -0.4 is 4.74 Å². The van der Waals surface area contributed by atoms with E-state index in [2.05, 4.69) is 10.1 Å². The number of carbonyl (C=O) groups is 1. The van der Waals surface area contributed by atoms with E-state index in [-0.39, 0.29) is 5.91 Å². The first-order valence-electron chi connectivity index (χ1n) is 9.32. The third kappa shape index (κ3) is 4.17. The van der Waals surface area contributed by atoms with Crippen LogP contribution in [0.4, 0.5) is 0 Å². The van der Waals surface area contributed by atoms with Crippen molar-refractivity contribution in [2.24, 2.45) is 5.92 Å². The summed E-state index contributed by atoms with van der Waals surface area (Å²) in [5.41, 5.74) is 1.57. The van der Waals surface area contributed by atoms with Crippen molar-refractivity contribution in [3.05, 3.63) is 71.8 Å². The predicted molar refractivity (Wildman–Crippen MR) is 107 cm³/mol. The monoisotopic (exact) mass is 396 g/mol. The van der Waals surface area contributed by atoms with Gasteiger partial charge in [0.25, 0.3) is 5.91 Å². The molecule has 1 aliphatic heterocycles. The maximum absolute atomic E-state index is 12.9. The fourth-order valence-corrected chi connectivity index (χ4v) is 3.55. The van der Waals surface area contributed by atoms with E-state index in [9.17, 15) is 4.79 Å². The van der Waals surface area contributed by atoms with Crippen LogP contribution in [0.2, 0.25) is 5.02 Å². The maximum Gasteiger partial charge on any atom is 0.253 e. The average molecular weight is 397 g/mol. The summed E-state index contributed by atoms with van der Waals surface area (Å²) in [6.07, 6.45) is 8.65. The lowest BCUT2D eigenvalue weighted by atomic mass is 9.97. The lowest BCUT2D eigenvalue weighted by Gasteiger charge is -2.32. The maximum atomic E-state index is 12.9. The number of piperidine rings is 1. The fourth-order valence-electron chi connectivity index (χ4n) is 3.38. The Kier molecular flexibility index (Phi) is 5.58. The van der Waals surface area contributed by atoms with Gasteiger partial charge >= 0.3 is 0 Å². The van der Waals surface area contributed by atoms with Crippen LogP contribution in [0.15, 0.2) is 61.2 Å². The molecular weight excluding hydrogens is 376 g/mol. The zero-order valence-electron chi connectivity index (χ0n) is 15.4. The van der Waals surface area contributed by atoms with Gasteiger partial charge in [-0.15, -0.1) is 0 Å². The lowest BCUT2D eigenvalue weighted by molar-refractivity contribution is 0.0661. The van der Waals surface area contributed by atoms with E-state index in [1.807, 2.05) is 41.4 Å². The molecular formula is C21H21ClN4O2. The Morgan fingerprint density at radius 1 is 1.18 bits per heavy atom. The number of likely N-dealkylation sites (tertiary alicyclic amines) is 1. The van der Waals surface area contributed by atoms with E-state index >= 15 is 0 Å². The van der Waals surface area contributed by atoms with Crippen molar-refractivity contribution in [3.63, 3.8) is 0 Å². The zero-order chi connectivity index (χ0) is 19.3. The van der Waals surface area contributed by atoms with Gasteiger partial charge in [0, 0.05) is 49.5 Å². The average Bonchev–Trinajstić information content (AvgIpc) is 3.28. The first kappa shape index (κ1) is 18.5. The fraction of sp³-hybridized carbons (Fsp3) is 0.286. The summed E-state index contributed by atoms with van der Waals surface area (Å²) in [6.45, 7) is 2.05. The summed E-state index contributed by atoms with van der Waals surface area (Å²) < 4.78 is 7.58. The highest BCUT2D eigenvalue weighted by molar-refractivity contribution is 6.31. The molecule has 0 spiro atoms. The van der Waals surface area contributed by atoms with Gasteiger partial charge in [0.15, 0.2) is 0 Å². The minimum Gasteiger partial charge on any atom is -0.492 e. The molecule has 3 aromatic rings. The number of nitrogens with zero attached hydrogens (tertiary/aromatic N) is 4. The summed E-state index contributed by atoms with van der Waals surface area (Å²) in [4.78, 5) is 18.8. The number of carbonyl (C=O) groups excluding carboxylic acids is 1. The number of hydrogen-bond acceptors (Lipinski definition) is 4. The van der Waals surface area contributed by atoms with Crippen molar-refractivity contribution in [1.29, 1.82) is 0 Å². The van der Waals surface area contributed by atoms with Crippen molar-refractivity contribution in [3.8, 4) is 11.4 Å². The highest BCUT2D eigenvalue weighted by atomic mass is 35.5. The van der Waals surface area contributed by atoms with Crippen LogP contribution in [0.1, 0.15) is 23.2 Å². The van der Waals surface area contributed by atoms with Gasteiger partial charge in [-0.25, -0.2) is 4.68 Å². The molecule has 0 saturated carbocycles. The number of benzene rings is 1. The summed E-state index contributed by atoms with van der Waals surface area (Å²) in [6, 6.07) is 11.2. The second kappa shape index (κ2) is 8.44. The second-order valence-electron chi connectivity index (χ2n) is 6.85. The van der Waals surface area contributed by atoms with Crippen molar-refractivity contribution >= 4 is 17.5 Å². The molecule has 1 fully saturated rings. The molecule has 0 radical (unpaired) electrons. The van der Waals surface area contributed by atoms with Crippen LogP contribution in [0.5, 0.6) is 5.75 Å². The van der Waals surface area contributed by atoms with Crippen molar-refractivity contribution < 1.29 is 9.53 Å². The Morgan fingerprint density at radius 2 is 2.04 bits per heavy atom. The number of halogens is 1. The van der Waals surface area contributed by atoms with Gasteiger partial charge in [0.2, 0.25) is 0 Å². The smallest absolute Gasteiger partial charge is 0.253 e. The second-order valence-corrected chi connectivity index (χ2v) is 7.26. The van der Waals surface area contributed by atoms with Gasteiger partial charge in [0.1, 0.15) is 10.8 Å². The van der Waals surface area contributed by atoms with Gasteiger partial charge in [-0.2, -0.15) is 5.10 Å². The molecule has 1 amide bonds. The van der Waals surface area contributed by atoms with Crippen LogP contribution in [0.3, 0.4) is 0 Å². The quantitative estimate of drug-likeness (QED) is 0.657. The lowest BCUT2D eigenvalue weighted by Crippen LogP contribution is -2.39. The van der Waals surface area contributed by atoms with Crippen molar-refractivity contribution in [1.82, 2.24) is 19.7 Å². The Bertz CT molecular complexity index is 937. The largest absolute Gasteiger partial charge is 0.492 e. The highest BCUT2D eigenvalue weighted by Gasteiger charge is 2.24. The van der Waals surface area contributed by atoms with Gasteiger partial charge in [-0.05, 0) is 43.0 Å². The van der Waals surface area contributed by atoms with Gasteiger partial charge in [0.05, 0.1) is 12.3 Å². The molecule has 144 valence electrons. The first-order valence-corrected chi connectivity index (χ1v) is 9.70. The molecule has 1 aromatic carbocycles. The standard InChI is InChI=1S/C21H21ClN4O2/c22-19-14-23-9-5-20(19)28-15-16-6-11-25(12-7-16)21(27)17-3-1-4-18(13-17)26-10-2-8-24-26/h1-5,8-10,13-14,16H,6-7,11-12,15H2. The van der Waals surface area contributed by atoms with Crippen LogP contribution in [-0.2, 0) is 0 Å². The van der Waals surface area contributed by atoms with Crippen molar-refractivity contribution in [2.45, 2.75) is 12.8 Å². The van der Waals surface area contributed by atoms with Gasteiger partial charge in [-0.1, -0.05) is 17.7 Å². The van der Waals surface area contributed by atoms with Gasteiger partial charge < -0.3 is 9.64 Å². The van der Waals surface area contributed by atoms with E-state index in [1.165, 1.54) is 0 Å². The zero-order valence-corrected chi connectivity index (χ0v) is 16.1. The minimum atomic E-state index is 0.0607. The minimum absolute atomic E-state index is 0.0607. The molecule has 7 heteroatoms. The number of hydrogen-bond donors (Lipinski definition) is 0. The predicted octanol–water partition coefficient (Wildman–Crippen LogP) is 3.85. The summed E-state index contributed by atoms with van der Waals surface area (Å²) in [5.74, 6) is 1.12. The molecule has 28 heavy (non-hydrogen) atoms. The Balaban J connectivity index is 1.33.